The Hall–Kier alpha value is -0.450. The average molecular weight is 290 g/mol. The van der Waals surface area contributed by atoms with E-state index in [4.69, 9.17) is 4.74 Å². The van der Waals surface area contributed by atoms with Crippen molar-refractivity contribution in [1.29, 1.82) is 0 Å². The van der Waals surface area contributed by atoms with Crippen LogP contribution in [0.4, 0.5) is 4.39 Å². The average Bonchev–Trinajstić information content (AvgIpc) is 2.27. The molecule has 1 unspecified atom stereocenters. The molecule has 0 aromatic heterocycles. The van der Waals surface area contributed by atoms with E-state index in [1.165, 1.54) is 12.1 Å². The Bertz CT molecular complexity index is 333. The van der Waals surface area contributed by atoms with Gasteiger partial charge in [-0.15, -0.1) is 0 Å². The number of benzene rings is 1. The molecule has 0 heterocycles. The monoisotopic (exact) mass is 289 g/mol. The van der Waals surface area contributed by atoms with Gasteiger partial charge in [-0.3, -0.25) is 0 Å². The van der Waals surface area contributed by atoms with E-state index in [1.807, 2.05) is 13.1 Å². The van der Waals surface area contributed by atoms with Crippen molar-refractivity contribution in [3.63, 3.8) is 0 Å². The van der Waals surface area contributed by atoms with Crippen molar-refractivity contribution < 1.29 is 9.13 Å². The first-order chi connectivity index (χ1) is 7.67. The molecule has 1 rings (SSSR count). The quantitative estimate of drug-likeness (QED) is 0.870. The van der Waals surface area contributed by atoms with Crippen LogP contribution in [-0.4, -0.2) is 26.8 Å². The normalized spacial score (nSPS) is 12.8. The summed E-state index contributed by atoms with van der Waals surface area (Å²) in [5, 5.41) is 3.23. The summed E-state index contributed by atoms with van der Waals surface area (Å²) in [4.78, 5) is 0. The third-order valence-corrected chi connectivity index (χ3v) is 3.30. The van der Waals surface area contributed by atoms with Crippen LogP contribution in [0.1, 0.15) is 12.0 Å². The molecule has 1 aromatic rings. The van der Waals surface area contributed by atoms with Crippen molar-refractivity contribution in [2.24, 2.45) is 0 Å². The van der Waals surface area contributed by atoms with Gasteiger partial charge < -0.3 is 10.1 Å². The Morgan fingerprint density at radius 3 is 2.81 bits per heavy atom. The van der Waals surface area contributed by atoms with E-state index in [0.29, 0.717) is 6.04 Å². The number of rotatable bonds is 6. The predicted molar refractivity (Wildman–Crippen MR) is 67.1 cm³/mol. The van der Waals surface area contributed by atoms with E-state index in [1.54, 1.807) is 7.11 Å². The summed E-state index contributed by atoms with van der Waals surface area (Å²) in [6.45, 7) is 0.727. The second-order valence-corrected chi connectivity index (χ2v) is 4.56. The van der Waals surface area contributed by atoms with Gasteiger partial charge in [-0.2, -0.15) is 0 Å². The summed E-state index contributed by atoms with van der Waals surface area (Å²) in [6.07, 6.45) is 1.80. The van der Waals surface area contributed by atoms with Gasteiger partial charge in [0.1, 0.15) is 5.82 Å². The molecule has 1 atom stereocenters. The topological polar surface area (TPSA) is 21.3 Å². The molecule has 90 valence electrons. The zero-order valence-corrected chi connectivity index (χ0v) is 11.2. The van der Waals surface area contributed by atoms with Crippen LogP contribution in [0.3, 0.4) is 0 Å². The lowest BCUT2D eigenvalue weighted by Gasteiger charge is -2.16. The minimum atomic E-state index is -0.214. The van der Waals surface area contributed by atoms with Gasteiger partial charge in [-0.1, -0.05) is 22.0 Å². The van der Waals surface area contributed by atoms with Crippen molar-refractivity contribution in [2.75, 3.05) is 20.8 Å². The first kappa shape index (κ1) is 13.6. The van der Waals surface area contributed by atoms with E-state index in [-0.39, 0.29) is 5.82 Å². The molecule has 0 aliphatic heterocycles. The zero-order valence-electron chi connectivity index (χ0n) is 9.59. The molecule has 0 aliphatic rings. The van der Waals surface area contributed by atoms with Gasteiger partial charge in [0, 0.05) is 24.2 Å². The summed E-state index contributed by atoms with van der Waals surface area (Å²) in [5.74, 6) is -0.214. The molecule has 0 bridgehead atoms. The van der Waals surface area contributed by atoms with E-state index in [2.05, 4.69) is 21.2 Å². The van der Waals surface area contributed by atoms with Gasteiger partial charge in [-0.05, 0) is 37.6 Å². The van der Waals surface area contributed by atoms with Crippen molar-refractivity contribution >= 4 is 15.9 Å². The molecule has 0 saturated carbocycles. The maximum atomic E-state index is 12.9. The van der Waals surface area contributed by atoms with Crippen molar-refractivity contribution in [1.82, 2.24) is 5.32 Å². The van der Waals surface area contributed by atoms with Crippen molar-refractivity contribution in [3.05, 3.63) is 34.1 Å². The summed E-state index contributed by atoms with van der Waals surface area (Å²) in [7, 11) is 3.62. The minimum absolute atomic E-state index is 0.214. The summed E-state index contributed by atoms with van der Waals surface area (Å²) in [5.41, 5.74) is 1.11. The maximum Gasteiger partial charge on any atom is 0.124 e. The lowest BCUT2D eigenvalue weighted by Crippen LogP contribution is -2.29. The highest BCUT2D eigenvalue weighted by atomic mass is 79.9. The number of halogens is 2. The first-order valence-electron chi connectivity index (χ1n) is 5.27. The smallest absolute Gasteiger partial charge is 0.124 e. The zero-order chi connectivity index (χ0) is 12.0. The Morgan fingerprint density at radius 2 is 2.25 bits per heavy atom. The van der Waals surface area contributed by atoms with Gasteiger partial charge in [0.25, 0.3) is 0 Å². The van der Waals surface area contributed by atoms with Crippen LogP contribution in [0.2, 0.25) is 0 Å². The van der Waals surface area contributed by atoms with Gasteiger partial charge in [-0.25, -0.2) is 4.39 Å². The van der Waals surface area contributed by atoms with Crippen LogP contribution in [0.5, 0.6) is 0 Å². The summed E-state index contributed by atoms with van der Waals surface area (Å²) >= 11 is 3.37. The number of nitrogens with one attached hydrogen (secondary N) is 1. The first-order valence-corrected chi connectivity index (χ1v) is 6.06. The molecule has 0 aliphatic carbocycles. The van der Waals surface area contributed by atoms with Crippen LogP contribution < -0.4 is 5.32 Å². The fraction of sp³-hybridized carbons (Fsp3) is 0.500. The second-order valence-electron chi connectivity index (χ2n) is 3.71. The molecule has 16 heavy (non-hydrogen) atoms. The van der Waals surface area contributed by atoms with Crippen LogP contribution in [0.15, 0.2) is 22.7 Å². The molecule has 1 N–H and O–H groups in total. The minimum Gasteiger partial charge on any atom is -0.385 e. The Kier molecular flexibility index (Phi) is 5.95. The molecule has 0 amide bonds. The van der Waals surface area contributed by atoms with Gasteiger partial charge in [0.2, 0.25) is 0 Å². The van der Waals surface area contributed by atoms with Crippen molar-refractivity contribution in [2.45, 2.75) is 18.9 Å². The van der Waals surface area contributed by atoms with Crippen LogP contribution in [0, 0.1) is 5.82 Å². The van der Waals surface area contributed by atoms with Crippen molar-refractivity contribution in [3.8, 4) is 0 Å². The highest BCUT2D eigenvalue weighted by molar-refractivity contribution is 9.10. The summed E-state index contributed by atoms with van der Waals surface area (Å²) in [6, 6.07) is 5.15. The fourth-order valence-corrected chi connectivity index (χ4v) is 2.07. The predicted octanol–water partition coefficient (Wildman–Crippen LogP) is 2.76. The molecular formula is C12H17BrFNO. The highest BCUT2D eigenvalue weighted by Gasteiger charge is 2.09. The molecular weight excluding hydrogens is 273 g/mol. The number of hydrogen-bond donors (Lipinski definition) is 1. The molecule has 0 fully saturated rings. The number of ether oxygens (including phenoxy) is 1. The van der Waals surface area contributed by atoms with Crippen LogP contribution in [0.25, 0.3) is 0 Å². The molecule has 4 heteroatoms. The number of methoxy groups -OCH3 is 1. The van der Waals surface area contributed by atoms with E-state index in [9.17, 15) is 4.39 Å². The van der Waals surface area contributed by atoms with Gasteiger partial charge in [0.15, 0.2) is 0 Å². The third kappa shape index (κ3) is 4.20. The largest absolute Gasteiger partial charge is 0.385 e. The van der Waals surface area contributed by atoms with Gasteiger partial charge >= 0.3 is 0 Å². The highest BCUT2D eigenvalue weighted by Crippen LogP contribution is 2.20. The van der Waals surface area contributed by atoms with Crippen LogP contribution in [-0.2, 0) is 11.2 Å². The maximum absolute atomic E-state index is 12.9. The third-order valence-electron chi connectivity index (χ3n) is 2.56. The standard InChI is InChI=1S/C12H17BrFNO/c1-15-11(5-6-16-2)7-9-3-4-10(14)8-12(9)13/h3-4,8,11,15H,5-7H2,1-2H3. The van der Waals surface area contributed by atoms with Crippen LogP contribution >= 0.6 is 15.9 Å². The SMILES string of the molecule is CNC(CCOC)Cc1ccc(F)cc1Br. The molecule has 0 spiro atoms. The number of likely N-dealkylation sites (N-methyl/N-ethyl adjacent to an activating group) is 1. The Balaban J connectivity index is 2.62. The number of hydrogen-bond acceptors (Lipinski definition) is 2. The van der Waals surface area contributed by atoms with E-state index >= 15 is 0 Å². The molecule has 2 nitrogen and oxygen atoms in total. The Morgan fingerprint density at radius 1 is 1.50 bits per heavy atom. The lowest BCUT2D eigenvalue weighted by atomic mass is 10.0. The fourth-order valence-electron chi connectivity index (χ4n) is 1.56. The molecule has 1 aromatic carbocycles. The van der Waals surface area contributed by atoms with E-state index < -0.39 is 0 Å². The van der Waals surface area contributed by atoms with Gasteiger partial charge in [0.05, 0.1) is 0 Å². The van der Waals surface area contributed by atoms with E-state index in [0.717, 1.165) is 29.5 Å². The molecule has 0 radical (unpaired) electrons. The Labute approximate surface area is 104 Å². The second kappa shape index (κ2) is 6.99. The summed E-state index contributed by atoms with van der Waals surface area (Å²) < 4.78 is 18.8. The molecule has 0 saturated heterocycles. The lowest BCUT2D eigenvalue weighted by molar-refractivity contribution is 0.184.